The second-order valence-corrected chi connectivity index (χ2v) is 4.01. The number of amides is 1. The standard InChI is InChI=1S/C9H17NO/c1-7(11)10(4)9(2,3)8-5-6-8/h8H,5-6H2,1-4H3. The van der Waals surface area contributed by atoms with E-state index in [1.165, 1.54) is 12.8 Å². The van der Waals surface area contributed by atoms with Crippen LogP contribution in [-0.2, 0) is 4.79 Å². The lowest BCUT2D eigenvalue weighted by molar-refractivity contribution is -0.132. The van der Waals surface area contributed by atoms with Crippen molar-refractivity contribution in [3.63, 3.8) is 0 Å². The highest BCUT2D eigenvalue weighted by Gasteiger charge is 2.41. The second-order valence-electron chi connectivity index (χ2n) is 4.01. The molecule has 0 aromatic carbocycles. The van der Waals surface area contributed by atoms with Gasteiger partial charge < -0.3 is 4.90 Å². The van der Waals surface area contributed by atoms with E-state index in [9.17, 15) is 4.79 Å². The minimum absolute atomic E-state index is 0.0752. The zero-order chi connectivity index (χ0) is 8.65. The normalized spacial score (nSPS) is 18.2. The van der Waals surface area contributed by atoms with E-state index in [0.717, 1.165) is 5.92 Å². The van der Waals surface area contributed by atoms with Gasteiger partial charge in [-0.2, -0.15) is 0 Å². The van der Waals surface area contributed by atoms with Crippen LogP contribution in [0.5, 0.6) is 0 Å². The molecule has 1 rings (SSSR count). The first-order chi connectivity index (χ1) is 4.96. The molecule has 1 aliphatic rings. The topological polar surface area (TPSA) is 20.3 Å². The Bertz CT molecular complexity index is 170. The molecular formula is C9H17NO. The van der Waals surface area contributed by atoms with Crippen LogP contribution in [0.1, 0.15) is 33.6 Å². The number of rotatable bonds is 2. The van der Waals surface area contributed by atoms with Crippen LogP contribution >= 0.6 is 0 Å². The Morgan fingerprint density at radius 1 is 1.45 bits per heavy atom. The molecule has 1 fully saturated rings. The van der Waals surface area contributed by atoms with Crippen molar-refractivity contribution in [1.82, 2.24) is 4.90 Å². The molecule has 0 aromatic rings. The van der Waals surface area contributed by atoms with Crippen molar-refractivity contribution in [3.05, 3.63) is 0 Å². The summed E-state index contributed by atoms with van der Waals surface area (Å²) in [5, 5.41) is 0. The molecule has 0 unspecified atom stereocenters. The van der Waals surface area contributed by atoms with E-state index in [-0.39, 0.29) is 11.4 Å². The molecule has 0 aliphatic heterocycles. The summed E-state index contributed by atoms with van der Waals surface area (Å²) >= 11 is 0. The fourth-order valence-electron chi connectivity index (χ4n) is 1.47. The first-order valence-electron chi connectivity index (χ1n) is 4.20. The molecule has 0 N–H and O–H groups in total. The molecule has 0 aromatic heterocycles. The highest BCUT2D eigenvalue weighted by atomic mass is 16.2. The first-order valence-corrected chi connectivity index (χ1v) is 4.20. The molecule has 0 bridgehead atoms. The van der Waals surface area contributed by atoms with Gasteiger partial charge in [0.05, 0.1) is 0 Å². The molecule has 0 radical (unpaired) electrons. The third kappa shape index (κ3) is 1.55. The van der Waals surface area contributed by atoms with E-state index in [2.05, 4.69) is 13.8 Å². The summed E-state index contributed by atoms with van der Waals surface area (Å²) in [6, 6.07) is 0. The quantitative estimate of drug-likeness (QED) is 0.594. The zero-order valence-electron chi connectivity index (χ0n) is 7.85. The van der Waals surface area contributed by atoms with Crippen LogP contribution in [0.4, 0.5) is 0 Å². The van der Waals surface area contributed by atoms with Crippen molar-refractivity contribution in [2.45, 2.75) is 39.2 Å². The lowest BCUT2D eigenvalue weighted by Gasteiger charge is -2.35. The summed E-state index contributed by atoms with van der Waals surface area (Å²) in [5.74, 6) is 0.901. The predicted octanol–water partition coefficient (Wildman–Crippen LogP) is 1.65. The predicted molar refractivity (Wildman–Crippen MR) is 45.2 cm³/mol. The highest BCUT2D eigenvalue weighted by molar-refractivity contribution is 5.73. The fraction of sp³-hybridized carbons (Fsp3) is 0.889. The molecule has 64 valence electrons. The minimum Gasteiger partial charge on any atom is -0.341 e. The van der Waals surface area contributed by atoms with Gasteiger partial charge in [0.15, 0.2) is 0 Å². The highest BCUT2D eigenvalue weighted by Crippen LogP contribution is 2.42. The van der Waals surface area contributed by atoms with Crippen molar-refractivity contribution in [3.8, 4) is 0 Å². The third-order valence-electron chi connectivity index (χ3n) is 2.91. The molecular weight excluding hydrogens is 138 g/mol. The Hall–Kier alpha value is -0.530. The summed E-state index contributed by atoms with van der Waals surface area (Å²) in [4.78, 5) is 12.9. The molecule has 0 spiro atoms. The zero-order valence-corrected chi connectivity index (χ0v) is 7.85. The lowest BCUT2D eigenvalue weighted by atomic mass is 9.97. The Balaban J connectivity index is 2.61. The van der Waals surface area contributed by atoms with Crippen molar-refractivity contribution < 1.29 is 4.79 Å². The summed E-state index contributed by atoms with van der Waals surface area (Å²) in [5.41, 5.74) is 0.0752. The van der Waals surface area contributed by atoms with Gasteiger partial charge in [0.1, 0.15) is 0 Å². The molecule has 0 heterocycles. The van der Waals surface area contributed by atoms with Gasteiger partial charge in [-0.25, -0.2) is 0 Å². The summed E-state index contributed by atoms with van der Waals surface area (Å²) in [7, 11) is 1.89. The van der Waals surface area contributed by atoms with Gasteiger partial charge in [-0.3, -0.25) is 4.79 Å². The summed E-state index contributed by atoms with van der Waals surface area (Å²) in [6.07, 6.45) is 2.56. The van der Waals surface area contributed by atoms with E-state index < -0.39 is 0 Å². The maximum Gasteiger partial charge on any atom is 0.219 e. The maximum absolute atomic E-state index is 11.0. The van der Waals surface area contributed by atoms with Crippen LogP contribution in [0.3, 0.4) is 0 Å². The smallest absolute Gasteiger partial charge is 0.219 e. The average molecular weight is 155 g/mol. The van der Waals surface area contributed by atoms with Crippen molar-refractivity contribution in [1.29, 1.82) is 0 Å². The molecule has 11 heavy (non-hydrogen) atoms. The number of nitrogens with zero attached hydrogens (tertiary/aromatic N) is 1. The van der Waals surface area contributed by atoms with Crippen molar-refractivity contribution in [2.24, 2.45) is 5.92 Å². The second kappa shape index (κ2) is 2.50. The average Bonchev–Trinajstić information content (AvgIpc) is 2.66. The van der Waals surface area contributed by atoms with E-state index >= 15 is 0 Å². The molecule has 2 heteroatoms. The monoisotopic (exact) mass is 155 g/mol. The molecule has 1 amide bonds. The van der Waals surface area contributed by atoms with E-state index in [1.54, 1.807) is 6.92 Å². The molecule has 1 aliphatic carbocycles. The number of hydrogen-bond donors (Lipinski definition) is 0. The Morgan fingerprint density at radius 2 is 1.91 bits per heavy atom. The van der Waals surface area contributed by atoms with Gasteiger partial charge in [-0.05, 0) is 32.6 Å². The van der Waals surface area contributed by atoms with Gasteiger partial charge in [-0.15, -0.1) is 0 Å². The molecule has 0 atom stereocenters. The van der Waals surface area contributed by atoms with Gasteiger partial charge in [0.2, 0.25) is 5.91 Å². The fourth-order valence-corrected chi connectivity index (χ4v) is 1.47. The maximum atomic E-state index is 11.0. The van der Waals surface area contributed by atoms with Gasteiger partial charge in [-0.1, -0.05) is 0 Å². The van der Waals surface area contributed by atoms with Gasteiger partial charge in [0, 0.05) is 19.5 Å². The van der Waals surface area contributed by atoms with Crippen LogP contribution in [0.25, 0.3) is 0 Å². The largest absolute Gasteiger partial charge is 0.341 e. The van der Waals surface area contributed by atoms with Crippen LogP contribution in [-0.4, -0.2) is 23.4 Å². The van der Waals surface area contributed by atoms with Crippen LogP contribution in [0.2, 0.25) is 0 Å². The lowest BCUT2D eigenvalue weighted by Crippen LogP contribution is -2.45. The van der Waals surface area contributed by atoms with Crippen LogP contribution in [0.15, 0.2) is 0 Å². The van der Waals surface area contributed by atoms with Gasteiger partial charge in [0.25, 0.3) is 0 Å². The van der Waals surface area contributed by atoms with E-state index in [1.807, 2.05) is 11.9 Å². The molecule has 0 saturated heterocycles. The SMILES string of the molecule is CC(=O)N(C)C(C)(C)C1CC1. The minimum atomic E-state index is 0.0752. The molecule has 1 saturated carbocycles. The molecule has 2 nitrogen and oxygen atoms in total. The summed E-state index contributed by atoms with van der Waals surface area (Å²) < 4.78 is 0. The van der Waals surface area contributed by atoms with Crippen molar-refractivity contribution >= 4 is 5.91 Å². The number of carbonyl (C=O) groups is 1. The van der Waals surface area contributed by atoms with Crippen molar-refractivity contribution in [2.75, 3.05) is 7.05 Å². The van der Waals surface area contributed by atoms with Crippen LogP contribution < -0.4 is 0 Å². The Labute approximate surface area is 68.6 Å². The Kier molecular flexibility index (Phi) is 1.95. The number of hydrogen-bond acceptors (Lipinski definition) is 1. The third-order valence-corrected chi connectivity index (χ3v) is 2.91. The van der Waals surface area contributed by atoms with E-state index in [4.69, 9.17) is 0 Å². The summed E-state index contributed by atoms with van der Waals surface area (Å²) in [6.45, 7) is 5.92. The van der Waals surface area contributed by atoms with E-state index in [0.29, 0.717) is 0 Å². The Morgan fingerprint density at radius 3 is 2.18 bits per heavy atom. The van der Waals surface area contributed by atoms with Crippen LogP contribution in [0, 0.1) is 5.92 Å². The van der Waals surface area contributed by atoms with Gasteiger partial charge >= 0.3 is 0 Å². The first kappa shape index (κ1) is 8.57. The number of carbonyl (C=O) groups excluding carboxylic acids is 1.